The molecule has 2 heteroatoms. The van der Waals surface area contributed by atoms with Crippen molar-refractivity contribution >= 4 is 11.4 Å². The summed E-state index contributed by atoms with van der Waals surface area (Å²) in [7, 11) is 0. The molecule has 1 aromatic rings. The van der Waals surface area contributed by atoms with Gasteiger partial charge in [-0.05, 0) is 37.5 Å². The summed E-state index contributed by atoms with van der Waals surface area (Å²) in [6, 6.07) is 6.23. The third-order valence-corrected chi connectivity index (χ3v) is 4.15. The first kappa shape index (κ1) is 9.08. The van der Waals surface area contributed by atoms with Crippen LogP contribution in [0.3, 0.4) is 0 Å². The maximum Gasteiger partial charge on any atom is 0.0417 e. The molecule has 3 rings (SSSR count). The van der Waals surface area contributed by atoms with Crippen LogP contribution < -0.4 is 10.6 Å². The van der Waals surface area contributed by atoms with Gasteiger partial charge in [-0.15, -0.1) is 0 Å². The number of anilines is 2. The van der Waals surface area contributed by atoms with Crippen LogP contribution in [-0.4, -0.2) is 13.1 Å². The Hall–Kier alpha value is -1.18. The second kappa shape index (κ2) is 2.91. The molecule has 0 atom stereocenters. The van der Waals surface area contributed by atoms with Crippen molar-refractivity contribution in [1.82, 2.24) is 0 Å². The van der Waals surface area contributed by atoms with Crippen molar-refractivity contribution in [2.75, 3.05) is 23.7 Å². The molecular weight excluding hydrogens is 184 g/mol. The maximum atomic E-state index is 5.92. The molecule has 1 aliphatic carbocycles. The summed E-state index contributed by atoms with van der Waals surface area (Å²) in [5.74, 6) is 0. The molecule has 2 fully saturated rings. The monoisotopic (exact) mass is 202 g/mol. The SMILES string of the molecule is Cc1c(N)cccc1N1CC2(CCC2)C1. The minimum atomic E-state index is 0.692. The van der Waals surface area contributed by atoms with Gasteiger partial charge in [-0.3, -0.25) is 0 Å². The van der Waals surface area contributed by atoms with Crippen LogP contribution in [-0.2, 0) is 0 Å². The van der Waals surface area contributed by atoms with Crippen LogP contribution in [0.25, 0.3) is 0 Å². The molecule has 0 unspecified atom stereocenters. The summed E-state index contributed by atoms with van der Waals surface area (Å²) in [5.41, 5.74) is 10.1. The molecule has 1 aromatic carbocycles. The second-order valence-corrected chi connectivity index (χ2v) is 5.20. The van der Waals surface area contributed by atoms with Crippen LogP contribution in [0.5, 0.6) is 0 Å². The normalized spacial score (nSPS) is 22.3. The zero-order valence-electron chi connectivity index (χ0n) is 9.29. The van der Waals surface area contributed by atoms with Crippen molar-refractivity contribution in [2.45, 2.75) is 26.2 Å². The quantitative estimate of drug-likeness (QED) is 0.709. The fraction of sp³-hybridized carbons (Fsp3) is 0.538. The highest BCUT2D eigenvalue weighted by atomic mass is 15.2. The van der Waals surface area contributed by atoms with Crippen molar-refractivity contribution in [3.63, 3.8) is 0 Å². The van der Waals surface area contributed by atoms with Crippen LogP contribution in [0.2, 0.25) is 0 Å². The molecule has 2 N–H and O–H groups in total. The number of rotatable bonds is 1. The Morgan fingerprint density at radius 2 is 2.00 bits per heavy atom. The molecular formula is C13H18N2. The molecule has 15 heavy (non-hydrogen) atoms. The molecule has 1 heterocycles. The van der Waals surface area contributed by atoms with E-state index in [-0.39, 0.29) is 0 Å². The summed E-state index contributed by atoms with van der Waals surface area (Å²) < 4.78 is 0. The number of benzene rings is 1. The van der Waals surface area contributed by atoms with Crippen molar-refractivity contribution in [2.24, 2.45) is 5.41 Å². The number of nitrogens with two attached hydrogens (primary N) is 1. The minimum Gasteiger partial charge on any atom is -0.398 e. The van der Waals surface area contributed by atoms with Crippen molar-refractivity contribution in [3.05, 3.63) is 23.8 Å². The Balaban J connectivity index is 1.80. The van der Waals surface area contributed by atoms with E-state index >= 15 is 0 Å². The van der Waals surface area contributed by atoms with Crippen LogP contribution in [0.15, 0.2) is 18.2 Å². The fourth-order valence-corrected chi connectivity index (χ4v) is 2.91. The standard InChI is InChI=1S/C13H18N2/c1-10-11(14)4-2-5-12(10)15-8-13(9-15)6-3-7-13/h2,4-5H,3,6-9,14H2,1H3. The van der Waals surface area contributed by atoms with Gasteiger partial charge in [0.05, 0.1) is 0 Å². The van der Waals surface area contributed by atoms with E-state index < -0.39 is 0 Å². The van der Waals surface area contributed by atoms with Crippen molar-refractivity contribution in [1.29, 1.82) is 0 Å². The summed E-state index contributed by atoms with van der Waals surface area (Å²) in [5, 5.41) is 0. The van der Waals surface area contributed by atoms with E-state index in [0.717, 1.165) is 5.69 Å². The number of nitrogens with zero attached hydrogens (tertiary/aromatic N) is 1. The predicted octanol–water partition coefficient (Wildman–Crippen LogP) is 2.57. The van der Waals surface area contributed by atoms with Crippen LogP contribution in [0.1, 0.15) is 24.8 Å². The van der Waals surface area contributed by atoms with Crippen molar-refractivity contribution in [3.8, 4) is 0 Å². The highest BCUT2D eigenvalue weighted by Crippen LogP contribution is 2.50. The second-order valence-electron chi connectivity index (χ2n) is 5.20. The third-order valence-electron chi connectivity index (χ3n) is 4.15. The van der Waals surface area contributed by atoms with Gasteiger partial charge in [-0.1, -0.05) is 12.5 Å². The Morgan fingerprint density at radius 3 is 2.60 bits per heavy atom. The number of hydrogen-bond acceptors (Lipinski definition) is 2. The fourth-order valence-electron chi connectivity index (χ4n) is 2.91. The summed E-state index contributed by atoms with van der Waals surface area (Å²) in [4.78, 5) is 2.48. The smallest absolute Gasteiger partial charge is 0.0417 e. The first-order valence-electron chi connectivity index (χ1n) is 5.80. The van der Waals surface area contributed by atoms with E-state index in [1.807, 2.05) is 6.07 Å². The Labute approximate surface area is 91.1 Å². The minimum absolute atomic E-state index is 0.692. The molecule has 0 bridgehead atoms. The van der Waals surface area contributed by atoms with Crippen LogP contribution >= 0.6 is 0 Å². The molecule has 1 spiro atoms. The zero-order valence-corrected chi connectivity index (χ0v) is 9.29. The molecule has 2 aliphatic rings. The summed E-state index contributed by atoms with van der Waals surface area (Å²) in [6.45, 7) is 4.62. The average Bonchev–Trinajstić information content (AvgIpc) is 2.07. The molecule has 1 saturated carbocycles. The van der Waals surface area contributed by atoms with Gasteiger partial charge >= 0.3 is 0 Å². The molecule has 1 aliphatic heterocycles. The van der Waals surface area contributed by atoms with E-state index in [4.69, 9.17) is 5.73 Å². The number of nitrogen functional groups attached to an aromatic ring is 1. The van der Waals surface area contributed by atoms with E-state index in [9.17, 15) is 0 Å². The Kier molecular flexibility index (Phi) is 1.76. The summed E-state index contributed by atoms with van der Waals surface area (Å²) in [6.07, 6.45) is 4.31. The molecule has 1 saturated heterocycles. The van der Waals surface area contributed by atoms with Gasteiger partial charge in [0.1, 0.15) is 0 Å². The lowest BCUT2D eigenvalue weighted by molar-refractivity contribution is 0.0903. The first-order valence-corrected chi connectivity index (χ1v) is 5.80. The van der Waals surface area contributed by atoms with Crippen LogP contribution in [0.4, 0.5) is 11.4 Å². The van der Waals surface area contributed by atoms with Gasteiger partial charge in [0.15, 0.2) is 0 Å². The Bertz CT molecular complexity index is 386. The molecule has 0 aromatic heterocycles. The molecule has 80 valence electrons. The molecule has 2 nitrogen and oxygen atoms in total. The van der Waals surface area contributed by atoms with Gasteiger partial charge in [0.2, 0.25) is 0 Å². The average molecular weight is 202 g/mol. The lowest BCUT2D eigenvalue weighted by atomic mass is 9.63. The predicted molar refractivity (Wildman–Crippen MR) is 64.1 cm³/mol. The largest absolute Gasteiger partial charge is 0.398 e. The summed E-state index contributed by atoms with van der Waals surface area (Å²) >= 11 is 0. The van der Waals surface area contributed by atoms with Crippen molar-refractivity contribution < 1.29 is 0 Å². The zero-order chi connectivity index (χ0) is 10.5. The Morgan fingerprint density at radius 1 is 1.27 bits per heavy atom. The lowest BCUT2D eigenvalue weighted by Crippen LogP contribution is -2.60. The highest BCUT2D eigenvalue weighted by Gasteiger charge is 2.47. The van der Waals surface area contributed by atoms with Gasteiger partial charge in [-0.25, -0.2) is 0 Å². The molecule has 0 radical (unpaired) electrons. The van der Waals surface area contributed by atoms with E-state index in [1.54, 1.807) is 0 Å². The van der Waals surface area contributed by atoms with Crippen LogP contribution in [0, 0.1) is 12.3 Å². The van der Waals surface area contributed by atoms with E-state index in [2.05, 4.69) is 24.0 Å². The lowest BCUT2D eigenvalue weighted by Gasteiger charge is -2.57. The maximum absolute atomic E-state index is 5.92. The van der Waals surface area contributed by atoms with Gasteiger partial charge in [0, 0.05) is 29.9 Å². The molecule has 0 amide bonds. The van der Waals surface area contributed by atoms with E-state index in [1.165, 1.54) is 43.6 Å². The number of hydrogen-bond donors (Lipinski definition) is 1. The third kappa shape index (κ3) is 1.24. The topological polar surface area (TPSA) is 29.3 Å². The first-order chi connectivity index (χ1) is 7.20. The van der Waals surface area contributed by atoms with Gasteiger partial charge in [-0.2, -0.15) is 0 Å². The van der Waals surface area contributed by atoms with Gasteiger partial charge < -0.3 is 10.6 Å². The van der Waals surface area contributed by atoms with E-state index in [0.29, 0.717) is 5.41 Å². The van der Waals surface area contributed by atoms with Gasteiger partial charge in [0.25, 0.3) is 0 Å². The highest BCUT2D eigenvalue weighted by molar-refractivity contribution is 5.65.